The van der Waals surface area contributed by atoms with Crippen molar-refractivity contribution in [3.05, 3.63) is 54.4 Å². The summed E-state index contributed by atoms with van der Waals surface area (Å²) in [5.74, 6) is 0. The summed E-state index contributed by atoms with van der Waals surface area (Å²) >= 11 is 0. The number of aliphatic hydroxyl groups excluding tert-OH is 1. The zero-order valence-electron chi connectivity index (χ0n) is 16.4. The average molecular weight is 375 g/mol. The van der Waals surface area contributed by atoms with E-state index in [9.17, 15) is 5.11 Å². The highest BCUT2D eigenvalue weighted by Gasteiger charge is 2.31. The Morgan fingerprint density at radius 1 is 1.00 bits per heavy atom. The Hall–Kier alpha value is -2.83. The van der Waals surface area contributed by atoms with E-state index >= 15 is 0 Å². The van der Waals surface area contributed by atoms with E-state index in [1.54, 1.807) is 0 Å². The topological polar surface area (TPSA) is 56.6 Å². The van der Waals surface area contributed by atoms with Crippen molar-refractivity contribution in [2.45, 2.75) is 19.3 Å². The van der Waals surface area contributed by atoms with Crippen molar-refractivity contribution in [1.82, 2.24) is 14.9 Å². The van der Waals surface area contributed by atoms with E-state index in [1.165, 1.54) is 5.56 Å². The summed E-state index contributed by atoms with van der Waals surface area (Å²) in [4.78, 5) is 8.59. The normalized spacial score (nSPS) is 19.1. The predicted octanol–water partition coefficient (Wildman–Crippen LogP) is 2.83. The maximum atomic E-state index is 10.4. The number of imidazole rings is 1. The van der Waals surface area contributed by atoms with Crippen molar-refractivity contribution >= 4 is 11.4 Å². The molecule has 3 heterocycles. The van der Waals surface area contributed by atoms with Gasteiger partial charge in [-0.25, -0.2) is 4.98 Å². The molecule has 1 atom stereocenters. The Kier molecular flexibility index (Phi) is 3.92. The summed E-state index contributed by atoms with van der Waals surface area (Å²) in [5.41, 5.74) is 7.68. The first-order valence-electron chi connectivity index (χ1n) is 9.67. The van der Waals surface area contributed by atoms with Crippen molar-refractivity contribution in [2.24, 2.45) is 0 Å². The number of aromatic nitrogens is 2. The molecular formula is C22H25N5O. The van der Waals surface area contributed by atoms with Crippen molar-refractivity contribution in [2.75, 3.05) is 37.0 Å². The lowest BCUT2D eigenvalue weighted by Gasteiger charge is -2.30. The van der Waals surface area contributed by atoms with Gasteiger partial charge >= 0.3 is 0 Å². The van der Waals surface area contributed by atoms with Crippen molar-refractivity contribution in [3.8, 4) is 22.5 Å². The molecule has 2 aliphatic heterocycles. The Labute approximate surface area is 165 Å². The molecule has 1 unspecified atom stereocenters. The van der Waals surface area contributed by atoms with Crippen LogP contribution in [-0.4, -0.2) is 48.2 Å². The number of aryl methyl sites for hydroxylation is 1. The number of anilines is 2. The van der Waals surface area contributed by atoms with Gasteiger partial charge in [0.05, 0.1) is 35.1 Å². The zero-order valence-corrected chi connectivity index (χ0v) is 16.4. The first-order valence-corrected chi connectivity index (χ1v) is 9.67. The minimum absolute atomic E-state index is 0.417. The highest BCUT2D eigenvalue weighted by atomic mass is 16.3. The molecule has 28 heavy (non-hydrogen) atoms. The maximum Gasteiger partial charge on any atom is 0.207 e. The van der Waals surface area contributed by atoms with Crippen LogP contribution in [0.4, 0.5) is 11.4 Å². The Morgan fingerprint density at radius 3 is 2.50 bits per heavy atom. The quantitative estimate of drug-likeness (QED) is 0.737. The van der Waals surface area contributed by atoms with Gasteiger partial charge in [0.2, 0.25) is 6.35 Å². The first kappa shape index (κ1) is 17.3. The fourth-order valence-corrected chi connectivity index (χ4v) is 4.16. The Morgan fingerprint density at radius 2 is 1.79 bits per heavy atom. The van der Waals surface area contributed by atoms with Gasteiger partial charge in [-0.3, -0.25) is 0 Å². The molecule has 3 aromatic rings. The molecule has 2 N–H and O–H groups in total. The summed E-state index contributed by atoms with van der Waals surface area (Å²) in [6.45, 7) is 4.03. The van der Waals surface area contributed by atoms with Crippen LogP contribution in [0.5, 0.6) is 0 Å². The lowest BCUT2D eigenvalue weighted by Crippen LogP contribution is -2.43. The number of aliphatic hydroxyl groups is 1. The van der Waals surface area contributed by atoms with Gasteiger partial charge in [-0.05, 0) is 25.1 Å². The molecule has 144 valence electrons. The molecule has 0 bridgehead atoms. The molecule has 0 amide bonds. The van der Waals surface area contributed by atoms with Gasteiger partial charge in [0.25, 0.3) is 0 Å². The molecule has 0 saturated carbocycles. The number of fused-ring (bicyclic) bond motifs is 1. The van der Waals surface area contributed by atoms with Gasteiger partial charge in [-0.15, -0.1) is 0 Å². The van der Waals surface area contributed by atoms with Gasteiger partial charge in [0.1, 0.15) is 0 Å². The van der Waals surface area contributed by atoms with Crippen LogP contribution in [0.3, 0.4) is 0 Å². The second kappa shape index (κ2) is 6.36. The van der Waals surface area contributed by atoms with Crippen LogP contribution in [0.25, 0.3) is 22.5 Å². The number of rotatable bonds is 3. The molecular weight excluding hydrogens is 350 g/mol. The molecule has 0 aliphatic carbocycles. The summed E-state index contributed by atoms with van der Waals surface area (Å²) < 4.78 is 2.30. The van der Waals surface area contributed by atoms with Crippen LogP contribution < -0.4 is 15.1 Å². The zero-order chi connectivity index (χ0) is 19.4. The predicted molar refractivity (Wildman–Crippen MR) is 113 cm³/mol. The van der Waals surface area contributed by atoms with E-state index in [4.69, 9.17) is 4.98 Å². The van der Waals surface area contributed by atoms with Crippen molar-refractivity contribution < 1.29 is 5.11 Å². The van der Waals surface area contributed by atoms with E-state index in [-0.39, 0.29) is 0 Å². The molecule has 6 nitrogen and oxygen atoms in total. The minimum atomic E-state index is -0.637. The standard InChI is InChI=1S/C22H25N5O/c1-14-5-4-6-15(9-14)20-21(27(13-24-20)17-11-23-12-17)16-7-8-18-19(10-16)26(3)22(28)25(18)2/h4-10,13,17,22-23,28H,11-12H2,1-3H3. The van der Waals surface area contributed by atoms with E-state index in [0.717, 1.165) is 47.0 Å². The molecule has 0 spiro atoms. The van der Waals surface area contributed by atoms with E-state index in [2.05, 4.69) is 59.3 Å². The molecule has 1 saturated heterocycles. The van der Waals surface area contributed by atoms with Gasteiger partial charge in [0, 0.05) is 38.3 Å². The third-order valence-electron chi connectivity index (χ3n) is 5.94. The molecule has 6 heteroatoms. The van der Waals surface area contributed by atoms with Gasteiger partial charge in [0.15, 0.2) is 0 Å². The Bertz CT molecular complexity index is 1040. The highest BCUT2D eigenvalue weighted by Crippen LogP contribution is 2.42. The smallest absolute Gasteiger partial charge is 0.207 e. The molecule has 1 aromatic heterocycles. The second-order valence-corrected chi connectivity index (χ2v) is 7.80. The highest BCUT2D eigenvalue weighted by molar-refractivity contribution is 5.86. The summed E-state index contributed by atoms with van der Waals surface area (Å²) in [5, 5.41) is 13.7. The van der Waals surface area contributed by atoms with E-state index in [0.29, 0.717) is 6.04 Å². The first-order chi connectivity index (χ1) is 13.5. The number of nitrogens with one attached hydrogen (secondary N) is 1. The molecule has 5 rings (SSSR count). The van der Waals surface area contributed by atoms with Crippen molar-refractivity contribution in [3.63, 3.8) is 0 Å². The summed E-state index contributed by atoms with van der Waals surface area (Å²) in [6.07, 6.45) is 1.33. The SMILES string of the molecule is Cc1cccc(-c2ncn(C3CNC3)c2-c2ccc3c(c2)N(C)C(O)N3C)c1. The number of benzene rings is 2. The average Bonchev–Trinajstić information content (AvgIpc) is 3.16. The molecule has 2 aromatic carbocycles. The number of nitrogens with zero attached hydrogens (tertiary/aromatic N) is 4. The van der Waals surface area contributed by atoms with Gasteiger partial charge in [-0.1, -0.05) is 29.8 Å². The fourth-order valence-electron chi connectivity index (χ4n) is 4.16. The van der Waals surface area contributed by atoms with Gasteiger partial charge < -0.3 is 24.8 Å². The number of hydrogen-bond donors (Lipinski definition) is 2. The van der Waals surface area contributed by atoms with Crippen LogP contribution in [-0.2, 0) is 0 Å². The van der Waals surface area contributed by atoms with Crippen molar-refractivity contribution in [1.29, 1.82) is 0 Å². The minimum Gasteiger partial charge on any atom is -0.356 e. The molecule has 2 aliphatic rings. The molecule has 0 radical (unpaired) electrons. The van der Waals surface area contributed by atoms with E-state index in [1.807, 2.05) is 30.2 Å². The maximum absolute atomic E-state index is 10.4. The van der Waals surface area contributed by atoms with Crippen LogP contribution in [0.2, 0.25) is 0 Å². The largest absolute Gasteiger partial charge is 0.356 e. The summed E-state index contributed by atoms with van der Waals surface area (Å²) in [6, 6.07) is 15.3. The van der Waals surface area contributed by atoms with Crippen LogP contribution in [0, 0.1) is 6.92 Å². The Balaban J connectivity index is 1.68. The fraction of sp³-hybridized carbons (Fsp3) is 0.318. The number of hydrogen-bond acceptors (Lipinski definition) is 5. The van der Waals surface area contributed by atoms with Crippen LogP contribution in [0.1, 0.15) is 11.6 Å². The third kappa shape index (κ3) is 2.52. The third-order valence-corrected chi connectivity index (χ3v) is 5.94. The lowest BCUT2D eigenvalue weighted by molar-refractivity contribution is 0.183. The monoisotopic (exact) mass is 375 g/mol. The second-order valence-electron chi connectivity index (χ2n) is 7.80. The lowest BCUT2D eigenvalue weighted by atomic mass is 10.0. The van der Waals surface area contributed by atoms with Crippen LogP contribution >= 0.6 is 0 Å². The van der Waals surface area contributed by atoms with Crippen LogP contribution in [0.15, 0.2) is 48.8 Å². The van der Waals surface area contributed by atoms with E-state index < -0.39 is 6.35 Å². The molecule has 1 fully saturated rings. The van der Waals surface area contributed by atoms with Gasteiger partial charge in [-0.2, -0.15) is 0 Å². The summed E-state index contributed by atoms with van der Waals surface area (Å²) in [7, 11) is 3.83.